The number of hydrogen-bond acceptors (Lipinski definition) is 6. The molecule has 7 nitrogen and oxygen atoms in total. The Morgan fingerprint density at radius 1 is 0.879 bits per heavy atom. The van der Waals surface area contributed by atoms with Crippen LogP contribution in [0.15, 0.2) is 12.2 Å². The first-order chi connectivity index (χ1) is 16.0. The molecule has 0 aromatic heterocycles. The molecule has 1 fully saturated rings. The topological polar surface area (TPSA) is 108 Å². The van der Waals surface area contributed by atoms with Gasteiger partial charge in [-0.1, -0.05) is 76.9 Å². The highest BCUT2D eigenvalue weighted by atomic mass is 16.7. The van der Waals surface area contributed by atoms with Crippen molar-refractivity contribution in [1.82, 2.24) is 5.32 Å². The number of carbonyl (C=O) groups excluding carboxylic acids is 1. The quantitative estimate of drug-likeness (QED) is 0.168. The maximum Gasteiger partial charge on any atom is 0.217 e. The van der Waals surface area contributed by atoms with Gasteiger partial charge in [-0.25, -0.2) is 0 Å². The lowest BCUT2D eigenvalue weighted by Gasteiger charge is -2.42. The fraction of sp³-hybridized carbons (Fsp3) is 0.885. The van der Waals surface area contributed by atoms with Gasteiger partial charge in [-0.2, -0.15) is 0 Å². The van der Waals surface area contributed by atoms with Gasteiger partial charge in [-0.05, 0) is 32.1 Å². The predicted octanol–water partition coefficient (Wildman–Crippen LogP) is 3.98. The molecule has 1 aliphatic rings. The van der Waals surface area contributed by atoms with Crippen molar-refractivity contribution in [2.45, 2.75) is 134 Å². The van der Waals surface area contributed by atoms with Crippen LogP contribution < -0.4 is 5.32 Å². The molecule has 33 heavy (non-hydrogen) atoms. The van der Waals surface area contributed by atoms with Gasteiger partial charge in [0, 0.05) is 13.5 Å². The summed E-state index contributed by atoms with van der Waals surface area (Å²) in [5.74, 6) is -0.344. The zero-order chi connectivity index (χ0) is 24.3. The summed E-state index contributed by atoms with van der Waals surface area (Å²) in [5.41, 5.74) is 0. The number of unbranched alkanes of at least 4 members (excludes halogenated alkanes) is 12. The van der Waals surface area contributed by atoms with Gasteiger partial charge < -0.3 is 30.1 Å². The molecule has 0 aromatic carbocycles. The standard InChI is InChI=1S/C26H49NO6/c1-3-4-5-6-7-8-9-10-11-12-13-14-15-16-17-18-19-32-26-23(27-21(2)29)25(31)24(30)22(20-28)33-26/h10-11,22-26,28,30-31H,3-9,12-20H2,1-2H3,(H,27,29)/b11-10-/t22-,23?,24-,25-,26+/m1/s1. The van der Waals surface area contributed by atoms with Crippen molar-refractivity contribution < 1.29 is 29.6 Å². The zero-order valence-corrected chi connectivity index (χ0v) is 20.9. The molecular formula is C26H49NO6. The smallest absolute Gasteiger partial charge is 0.217 e. The molecule has 0 bridgehead atoms. The first-order valence-electron chi connectivity index (χ1n) is 13.2. The summed E-state index contributed by atoms with van der Waals surface area (Å²) < 4.78 is 11.3. The fourth-order valence-electron chi connectivity index (χ4n) is 4.16. The van der Waals surface area contributed by atoms with Gasteiger partial charge in [-0.3, -0.25) is 4.79 Å². The summed E-state index contributed by atoms with van der Waals surface area (Å²) in [6.45, 7) is 3.59. The van der Waals surface area contributed by atoms with Crippen LogP contribution in [0.2, 0.25) is 0 Å². The Labute approximate surface area is 200 Å². The molecule has 1 heterocycles. The van der Waals surface area contributed by atoms with Crippen LogP contribution in [0, 0.1) is 0 Å². The van der Waals surface area contributed by atoms with Gasteiger partial charge in [0.05, 0.1) is 6.61 Å². The minimum absolute atomic E-state index is 0.344. The van der Waals surface area contributed by atoms with Gasteiger partial charge in [0.2, 0.25) is 5.91 Å². The minimum Gasteiger partial charge on any atom is -0.394 e. The molecule has 1 saturated heterocycles. The van der Waals surface area contributed by atoms with Crippen molar-refractivity contribution in [2.24, 2.45) is 0 Å². The van der Waals surface area contributed by atoms with Crippen molar-refractivity contribution in [1.29, 1.82) is 0 Å². The van der Waals surface area contributed by atoms with E-state index in [4.69, 9.17) is 9.47 Å². The van der Waals surface area contributed by atoms with E-state index in [9.17, 15) is 20.1 Å². The second kappa shape index (κ2) is 19.3. The molecule has 5 atom stereocenters. The molecule has 194 valence electrons. The molecular weight excluding hydrogens is 422 g/mol. The molecule has 0 radical (unpaired) electrons. The molecule has 0 aliphatic carbocycles. The van der Waals surface area contributed by atoms with E-state index in [1.807, 2.05) is 0 Å². The number of aliphatic hydroxyl groups excluding tert-OH is 3. The SMILES string of the molecule is CCCCCCCC/C=C\CCCCCCCCO[C@H]1O[C@H](CO)[C@@H](O)[C@H](O)C1NC(C)=O. The summed E-state index contributed by atoms with van der Waals surface area (Å²) in [5, 5.41) is 32.2. The number of aliphatic hydroxyl groups is 3. The summed E-state index contributed by atoms with van der Waals surface area (Å²) in [7, 11) is 0. The van der Waals surface area contributed by atoms with E-state index >= 15 is 0 Å². The van der Waals surface area contributed by atoms with Crippen molar-refractivity contribution in [2.75, 3.05) is 13.2 Å². The second-order valence-corrected chi connectivity index (χ2v) is 9.24. The van der Waals surface area contributed by atoms with Crippen LogP contribution in [0.5, 0.6) is 0 Å². The number of hydrogen-bond donors (Lipinski definition) is 4. The monoisotopic (exact) mass is 471 g/mol. The third-order valence-electron chi connectivity index (χ3n) is 6.19. The molecule has 1 aliphatic heterocycles. The lowest BCUT2D eigenvalue weighted by atomic mass is 9.97. The lowest BCUT2D eigenvalue weighted by molar-refractivity contribution is -0.270. The maximum atomic E-state index is 11.4. The van der Waals surface area contributed by atoms with E-state index in [2.05, 4.69) is 24.4 Å². The Hall–Kier alpha value is -0.990. The highest BCUT2D eigenvalue weighted by Crippen LogP contribution is 2.22. The zero-order valence-electron chi connectivity index (χ0n) is 20.9. The maximum absolute atomic E-state index is 11.4. The molecule has 0 saturated carbocycles. The van der Waals surface area contributed by atoms with Crippen molar-refractivity contribution in [3.8, 4) is 0 Å². The van der Waals surface area contributed by atoms with Crippen LogP contribution in [-0.2, 0) is 14.3 Å². The molecule has 1 rings (SSSR count). The molecule has 0 aromatic rings. The van der Waals surface area contributed by atoms with Crippen molar-refractivity contribution >= 4 is 5.91 Å². The van der Waals surface area contributed by atoms with E-state index < -0.39 is 37.3 Å². The van der Waals surface area contributed by atoms with Crippen LogP contribution in [-0.4, -0.2) is 65.1 Å². The van der Waals surface area contributed by atoms with E-state index in [0.29, 0.717) is 6.61 Å². The van der Waals surface area contributed by atoms with Gasteiger partial charge in [-0.15, -0.1) is 0 Å². The van der Waals surface area contributed by atoms with Gasteiger partial charge in [0.15, 0.2) is 6.29 Å². The third kappa shape index (κ3) is 13.5. The number of allylic oxidation sites excluding steroid dienone is 2. The average Bonchev–Trinajstić information content (AvgIpc) is 2.80. The van der Waals surface area contributed by atoms with Crippen LogP contribution in [0.3, 0.4) is 0 Å². The number of rotatable bonds is 19. The Morgan fingerprint density at radius 2 is 1.42 bits per heavy atom. The summed E-state index contributed by atoms with van der Waals surface area (Å²) in [6, 6.07) is -0.866. The summed E-state index contributed by atoms with van der Waals surface area (Å²) in [6.07, 6.45) is 17.5. The number of nitrogens with one attached hydrogen (secondary N) is 1. The molecule has 1 amide bonds. The van der Waals surface area contributed by atoms with E-state index in [0.717, 1.165) is 19.3 Å². The molecule has 0 spiro atoms. The van der Waals surface area contributed by atoms with E-state index in [-0.39, 0.29) is 5.91 Å². The molecule has 4 N–H and O–H groups in total. The number of ether oxygens (including phenoxy) is 2. The Balaban J connectivity index is 2.05. The van der Waals surface area contributed by atoms with Gasteiger partial charge >= 0.3 is 0 Å². The van der Waals surface area contributed by atoms with Crippen molar-refractivity contribution in [3.63, 3.8) is 0 Å². The van der Waals surface area contributed by atoms with Gasteiger partial charge in [0.25, 0.3) is 0 Å². The summed E-state index contributed by atoms with van der Waals surface area (Å²) >= 11 is 0. The predicted molar refractivity (Wildman–Crippen MR) is 131 cm³/mol. The lowest BCUT2D eigenvalue weighted by Crippen LogP contribution is -2.64. The number of carbonyl (C=O) groups is 1. The van der Waals surface area contributed by atoms with E-state index in [1.54, 1.807) is 0 Å². The first kappa shape index (κ1) is 30.0. The molecule has 1 unspecified atom stereocenters. The summed E-state index contributed by atoms with van der Waals surface area (Å²) in [4.78, 5) is 11.4. The Morgan fingerprint density at radius 3 is 1.97 bits per heavy atom. The highest BCUT2D eigenvalue weighted by Gasteiger charge is 2.45. The number of amides is 1. The second-order valence-electron chi connectivity index (χ2n) is 9.24. The van der Waals surface area contributed by atoms with Crippen LogP contribution in [0.25, 0.3) is 0 Å². The highest BCUT2D eigenvalue weighted by molar-refractivity contribution is 5.73. The third-order valence-corrected chi connectivity index (χ3v) is 6.19. The molecule has 7 heteroatoms. The van der Waals surface area contributed by atoms with E-state index in [1.165, 1.54) is 77.6 Å². The Kier molecular flexibility index (Phi) is 17.6. The van der Waals surface area contributed by atoms with Gasteiger partial charge in [0.1, 0.15) is 24.4 Å². The minimum atomic E-state index is -1.28. The van der Waals surface area contributed by atoms with Crippen LogP contribution in [0.1, 0.15) is 104 Å². The van der Waals surface area contributed by atoms with Crippen molar-refractivity contribution in [3.05, 3.63) is 12.2 Å². The first-order valence-corrected chi connectivity index (χ1v) is 13.2. The largest absolute Gasteiger partial charge is 0.394 e. The average molecular weight is 472 g/mol. The normalized spacial score (nSPS) is 25.5. The Bertz CT molecular complexity index is 515. The van der Waals surface area contributed by atoms with Crippen LogP contribution >= 0.6 is 0 Å². The van der Waals surface area contributed by atoms with Crippen LogP contribution in [0.4, 0.5) is 0 Å². The fourth-order valence-corrected chi connectivity index (χ4v) is 4.16.